The van der Waals surface area contributed by atoms with Crippen LogP contribution in [0.3, 0.4) is 0 Å². The Kier molecular flexibility index (Phi) is 4.00. The Morgan fingerprint density at radius 2 is 2.07 bits per heavy atom. The van der Waals surface area contributed by atoms with Crippen LogP contribution in [-0.2, 0) is 0 Å². The van der Waals surface area contributed by atoms with Crippen molar-refractivity contribution in [1.29, 1.82) is 0 Å². The van der Waals surface area contributed by atoms with E-state index in [-0.39, 0.29) is 18.3 Å². The van der Waals surface area contributed by atoms with Crippen molar-refractivity contribution in [2.24, 2.45) is 5.92 Å². The molecule has 1 aromatic heterocycles. The number of nitrogen functional groups attached to an aromatic ring is 1. The van der Waals surface area contributed by atoms with Gasteiger partial charge >= 0.3 is 0 Å². The van der Waals surface area contributed by atoms with E-state index in [0.29, 0.717) is 5.82 Å². The van der Waals surface area contributed by atoms with Crippen LogP contribution in [0.1, 0.15) is 31.7 Å². The summed E-state index contributed by atoms with van der Waals surface area (Å²) in [6.07, 6.45) is -0.899. The second-order valence-electron chi connectivity index (χ2n) is 3.96. The molecule has 0 bridgehead atoms. The molecule has 1 atom stereocenters. The number of hydrogen-bond acceptors (Lipinski definition) is 2. The Morgan fingerprint density at radius 3 is 2.53 bits per heavy atom. The van der Waals surface area contributed by atoms with Gasteiger partial charge in [-0.05, 0) is 23.5 Å². The summed E-state index contributed by atoms with van der Waals surface area (Å²) in [7, 11) is 0. The first-order valence-electron chi connectivity index (χ1n) is 5.01. The summed E-state index contributed by atoms with van der Waals surface area (Å²) < 4.78 is 24.8. The number of aromatic nitrogens is 1. The quantitative estimate of drug-likeness (QED) is 0.836. The SMILES string of the molecule is CC(C)C(CC(F)F)c1cccnc1N. The van der Waals surface area contributed by atoms with E-state index in [1.54, 1.807) is 18.3 Å². The molecule has 0 fully saturated rings. The Bertz CT molecular complexity index is 313. The number of hydrogen-bond donors (Lipinski definition) is 1. The summed E-state index contributed by atoms with van der Waals surface area (Å²) in [5, 5.41) is 0. The smallest absolute Gasteiger partial charge is 0.239 e. The van der Waals surface area contributed by atoms with Gasteiger partial charge in [0, 0.05) is 12.6 Å². The molecule has 1 rings (SSSR count). The van der Waals surface area contributed by atoms with Gasteiger partial charge < -0.3 is 5.73 Å². The van der Waals surface area contributed by atoms with Gasteiger partial charge in [0.15, 0.2) is 0 Å². The van der Waals surface area contributed by atoms with Gasteiger partial charge in [0.05, 0.1) is 0 Å². The third-order valence-corrected chi connectivity index (χ3v) is 2.51. The molecule has 1 aromatic rings. The fourth-order valence-electron chi connectivity index (χ4n) is 1.69. The van der Waals surface area contributed by atoms with Gasteiger partial charge in [-0.1, -0.05) is 19.9 Å². The Labute approximate surface area is 88.5 Å². The summed E-state index contributed by atoms with van der Waals surface area (Å²) in [4.78, 5) is 3.92. The molecule has 0 aliphatic heterocycles. The zero-order chi connectivity index (χ0) is 11.4. The van der Waals surface area contributed by atoms with E-state index in [1.807, 2.05) is 13.8 Å². The van der Waals surface area contributed by atoms with Crippen LogP contribution in [0.4, 0.5) is 14.6 Å². The average Bonchev–Trinajstić information content (AvgIpc) is 2.15. The monoisotopic (exact) mass is 214 g/mol. The van der Waals surface area contributed by atoms with Crippen molar-refractivity contribution in [2.75, 3.05) is 5.73 Å². The molecule has 0 saturated carbocycles. The topological polar surface area (TPSA) is 38.9 Å². The van der Waals surface area contributed by atoms with E-state index in [1.165, 1.54) is 0 Å². The minimum absolute atomic E-state index is 0.130. The molecule has 84 valence electrons. The van der Waals surface area contributed by atoms with Crippen LogP contribution in [0.5, 0.6) is 0 Å². The second kappa shape index (κ2) is 5.05. The van der Waals surface area contributed by atoms with Gasteiger partial charge in [0.2, 0.25) is 6.43 Å². The second-order valence-corrected chi connectivity index (χ2v) is 3.96. The number of nitrogens with zero attached hydrogens (tertiary/aromatic N) is 1. The molecule has 0 aromatic carbocycles. The standard InChI is InChI=1S/C11H16F2N2/c1-7(2)9(6-10(12)13)8-4-3-5-15-11(8)14/h3-5,7,9-10H,6H2,1-2H3,(H2,14,15). The minimum atomic E-state index is -2.31. The molecular formula is C11H16F2N2. The number of halogens is 2. The highest BCUT2D eigenvalue weighted by Crippen LogP contribution is 2.32. The van der Waals surface area contributed by atoms with Gasteiger partial charge in [-0.3, -0.25) is 0 Å². The van der Waals surface area contributed by atoms with Crippen LogP contribution in [0.2, 0.25) is 0 Å². The van der Waals surface area contributed by atoms with Gasteiger partial charge in [-0.25, -0.2) is 13.8 Å². The molecule has 0 saturated heterocycles. The average molecular weight is 214 g/mol. The van der Waals surface area contributed by atoms with Crippen molar-refractivity contribution >= 4 is 5.82 Å². The van der Waals surface area contributed by atoms with Crippen LogP contribution < -0.4 is 5.73 Å². The number of alkyl halides is 2. The minimum Gasteiger partial charge on any atom is -0.383 e. The largest absolute Gasteiger partial charge is 0.383 e. The number of nitrogens with two attached hydrogens (primary N) is 1. The molecule has 2 nitrogen and oxygen atoms in total. The molecule has 0 aliphatic rings. The zero-order valence-electron chi connectivity index (χ0n) is 8.95. The summed E-state index contributed by atoms with van der Waals surface area (Å²) in [5.41, 5.74) is 6.41. The van der Waals surface area contributed by atoms with E-state index in [2.05, 4.69) is 4.98 Å². The van der Waals surface area contributed by atoms with Crippen molar-refractivity contribution < 1.29 is 8.78 Å². The molecule has 4 heteroatoms. The lowest BCUT2D eigenvalue weighted by Crippen LogP contribution is -2.13. The fraction of sp³-hybridized carbons (Fsp3) is 0.545. The highest BCUT2D eigenvalue weighted by Gasteiger charge is 2.22. The number of anilines is 1. The normalized spacial score (nSPS) is 13.5. The van der Waals surface area contributed by atoms with Gasteiger partial charge in [-0.2, -0.15) is 0 Å². The zero-order valence-corrected chi connectivity index (χ0v) is 8.95. The van der Waals surface area contributed by atoms with E-state index >= 15 is 0 Å². The lowest BCUT2D eigenvalue weighted by molar-refractivity contribution is 0.120. The first-order chi connectivity index (χ1) is 7.02. The maximum Gasteiger partial charge on any atom is 0.239 e. The van der Waals surface area contributed by atoms with Gasteiger partial charge in [0.1, 0.15) is 5.82 Å². The predicted molar refractivity (Wildman–Crippen MR) is 56.8 cm³/mol. The third kappa shape index (κ3) is 3.15. The number of rotatable bonds is 4. The molecule has 0 spiro atoms. The fourth-order valence-corrected chi connectivity index (χ4v) is 1.69. The molecule has 15 heavy (non-hydrogen) atoms. The van der Waals surface area contributed by atoms with Crippen molar-refractivity contribution in [3.05, 3.63) is 23.9 Å². The summed E-state index contributed by atoms with van der Waals surface area (Å²) >= 11 is 0. The molecule has 1 unspecified atom stereocenters. The lowest BCUT2D eigenvalue weighted by atomic mass is 9.86. The van der Waals surface area contributed by atoms with Crippen LogP contribution in [0.15, 0.2) is 18.3 Å². The van der Waals surface area contributed by atoms with Gasteiger partial charge in [-0.15, -0.1) is 0 Å². The Hall–Kier alpha value is -1.19. The highest BCUT2D eigenvalue weighted by atomic mass is 19.3. The maximum atomic E-state index is 12.4. The molecule has 0 radical (unpaired) electrons. The third-order valence-electron chi connectivity index (χ3n) is 2.51. The van der Waals surface area contributed by atoms with Crippen LogP contribution in [0, 0.1) is 5.92 Å². The molecular weight excluding hydrogens is 198 g/mol. The van der Waals surface area contributed by atoms with Crippen molar-refractivity contribution in [3.8, 4) is 0 Å². The first kappa shape index (κ1) is 11.9. The van der Waals surface area contributed by atoms with Crippen molar-refractivity contribution in [2.45, 2.75) is 32.6 Å². The van der Waals surface area contributed by atoms with Crippen molar-refractivity contribution in [3.63, 3.8) is 0 Å². The Morgan fingerprint density at radius 1 is 1.40 bits per heavy atom. The maximum absolute atomic E-state index is 12.4. The van der Waals surface area contributed by atoms with Crippen LogP contribution in [-0.4, -0.2) is 11.4 Å². The van der Waals surface area contributed by atoms with E-state index in [4.69, 9.17) is 5.73 Å². The summed E-state index contributed by atoms with van der Waals surface area (Å²) in [5.74, 6) is 0.265. The van der Waals surface area contributed by atoms with Crippen LogP contribution >= 0.6 is 0 Å². The lowest BCUT2D eigenvalue weighted by Gasteiger charge is -2.21. The predicted octanol–water partition coefficient (Wildman–Crippen LogP) is 3.06. The summed E-state index contributed by atoms with van der Waals surface area (Å²) in [6, 6.07) is 3.50. The Balaban J connectivity index is 2.94. The summed E-state index contributed by atoms with van der Waals surface area (Å²) in [6.45, 7) is 3.83. The number of pyridine rings is 1. The highest BCUT2D eigenvalue weighted by molar-refractivity contribution is 5.41. The first-order valence-corrected chi connectivity index (χ1v) is 5.01. The molecule has 1 heterocycles. The van der Waals surface area contributed by atoms with Crippen LogP contribution in [0.25, 0.3) is 0 Å². The molecule has 0 aliphatic carbocycles. The molecule has 2 N–H and O–H groups in total. The van der Waals surface area contributed by atoms with E-state index in [9.17, 15) is 8.78 Å². The van der Waals surface area contributed by atoms with Gasteiger partial charge in [0.25, 0.3) is 0 Å². The van der Waals surface area contributed by atoms with Crippen molar-refractivity contribution in [1.82, 2.24) is 4.98 Å². The van der Waals surface area contributed by atoms with E-state index < -0.39 is 6.43 Å². The van der Waals surface area contributed by atoms with E-state index in [0.717, 1.165) is 5.56 Å². The molecule has 0 amide bonds.